The van der Waals surface area contributed by atoms with Crippen molar-refractivity contribution in [1.29, 1.82) is 0 Å². The number of carbonyl (C=O) groups excluding carboxylic acids is 4. The quantitative estimate of drug-likeness (QED) is 0.275. The fraction of sp³-hybridized carbons (Fsp3) is 0.846. The zero-order valence-corrected chi connectivity index (χ0v) is 26.6. The smallest absolute Gasteiger partial charge is 0.410 e. The summed E-state index contributed by atoms with van der Waals surface area (Å²) in [5.41, 5.74) is -3.04. The monoisotopic (exact) mass is 587 g/mol. The van der Waals surface area contributed by atoms with Crippen molar-refractivity contribution in [3.63, 3.8) is 0 Å². The van der Waals surface area contributed by atoms with E-state index < -0.39 is 35.3 Å². The van der Waals surface area contributed by atoms with Crippen molar-refractivity contribution in [3.05, 3.63) is 0 Å². The fourth-order valence-electron chi connectivity index (χ4n) is 3.72. The molecule has 0 N–H and O–H groups in total. The van der Waals surface area contributed by atoms with Gasteiger partial charge >= 0.3 is 24.1 Å². The number of carbonyl (C=O) groups is 4. The highest BCUT2D eigenvalue weighted by atomic mass is 19.1. The number of hydrogen-bond acceptors (Lipinski definition) is 8. The third-order valence-corrected chi connectivity index (χ3v) is 5.84. The average molecular weight is 587 g/mol. The summed E-state index contributed by atoms with van der Waals surface area (Å²) in [5, 5.41) is 0. The molecule has 0 aromatic heterocycles. The number of hydrogen-bond donors (Lipinski definition) is 0. The lowest BCUT2D eigenvalue weighted by molar-refractivity contribution is -0.160. The van der Waals surface area contributed by atoms with Crippen LogP contribution in [0.15, 0.2) is 0 Å². The molecule has 0 saturated carbocycles. The lowest BCUT2D eigenvalue weighted by Crippen LogP contribution is -2.50. The zero-order valence-electron chi connectivity index (χ0n) is 26.6. The molecule has 16 heteroatoms. The summed E-state index contributed by atoms with van der Waals surface area (Å²) in [6.07, 6.45) is -0.0371. The Bertz CT molecular complexity index is 855. The highest BCUT2D eigenvalue weighted by Gasteiger charge is 2.44. The zero-order chi connectivity index (χ0) is 32.7. The Balaban J connectivity index is 0.000000691. The van der Waals surface area contributed by atoms with Crippen LogP contribution >= 0.6 is 0 Å². The maximum absolute atomic E-state index is 14.3. The largest absolute Gasteiger partial charge is 0.466 e. The SMILES string of the molecule is CCOC(=O)C1(F)CCN(C(=O)OC(C)(C)C)CC1.CCOC(=O)C1CCN(C(=O)OC(C)(C)C)CC1.[B][B]B([B])[B]. The van der Waals surface area contributed by atoms with Crippen molar-refractivity contribution in [2.24, 2.45) is 5.92 Å². The molecule has 0 unspecified atom stereocenters. The van der Waals surface area contributed by atoms with E-state index >= 15 is 0 Å². The molecule has 0 bridgehead atoms. The molecule has 229 valence electrons. The van der Waals surface area contributed by atoms with Crippen molar-refractivity contribution in [3.8, 4) is 0 Å². The summed E-state index contributed by atoms with van der Waals surface area (Å²) in [6.45, 7) is 16.3. The highest BCUT2D eigenvalue weighted by molar-refractivity contribution is 7.60. The molecule has 10 nitrogen and oxygen atoms in total. The van der Waals surface area contributed by atoms with Crippen molar-refractivity contribution in [2.45, 2.75) is 97.9 Å². The van der Waals surface area contributed by atoms with Crippen LogP contribution in [0.25, 0.3) is 0 Å². The molecule has 2 aliphatic heterocycles. The lowest BCUT2D eigenvalue weighted by atomic mass is 8.97. The number of nitrogens with zero attached hydrogens (tertiary/aromatic N) is 2. The molecule has 0 aliphatic carbocycles. The van der Waals surface area contributed by atoms with E-state index in [9.17, 15) is 23.6 Å². The third-order valence-electron chi connectivity index (χ3n) is 5.84. The second-order valence-corrected chi connectivity index (χ2v) is 11.9. The van der Waals surface area contributed by atoms with Gasteiger partial charge in [-0.15, -0.1) is 0 Å². The van der Waals surface area contributed by atoms with Crippen LogP contribution in [-0.4, -0.2) is 127 Å². The molecule has 7 radical (unpaired) electrons. The van der Waals surface area contributed by atoms with Crippen molar-refractivity contribution in [2.75, 3.05) is 39.4 Å². The second-order valence-electron chi connectivity index (χ2n) is 11.9. The van der Waals surface area contributed by atoms with Gasteiger partial charge in [0.15, 0.2) is 0 Å². The van der Waals surface area contributed by atoms with Gasteiger partial charge in [-0.3, -0.25) is 4.79 Å². The van der Waals surface area contributed by atoms with Gasteiger partial charge < -0.3 is 28.7 Å². The number of piperidine rings is 2. The summed E-state index contributed by atoms with van der Waals surface area (Å²) in [7, 11) is 15.8. The number of esters is 2. The van der Waals surface area contributed by atoms with Crippen molar-refractivity contribution < 1.29 is 42.5 Å². The summed E-state index contributed by atoms with van der Waals surface area (Å²) in [6, 6.07) is 0. The highest BCUT2D eigenvalue weighted by Crippen LogP contribution is 2.29. The minimum Gasteiger partial charge on any atom is -0.466 e. The van der Waals surface area contributed by atoms with Crippen LogP contribution in [0.1, 0.15) is 81.1 Å². The number of ether oxygens (including phenoxy) is 4. The molecule has 2 aliphatic rings. The van der Waals surface area contributed by atoms with E-state index in [1.54, 1.807) is 39.5 Å². The Morgan fingerprint density at radius 2 is 1.21 bits per heavy atom. The van der Waals surface area contributed by atoms with E-state index in [0.717, 1.165) is 0 Å². The molecule has 2 fully saturated rings. The Labute approximate surface area is 256 Å². The number of amides is 2. The van der Waals surface area contributed by atoms with Crippen LogP contribution in [0.4, 0.5) is 14.0 Å². The van der Waals surface area contributed by atoms with Crippen LogP contribution in [0.3, 0.4) is 0 Å². The number of alkyl halides is 1. The van der Waals surface area contributed by atoms with Gasteiger partial charge in [-0.05, 0) is 68.2 Å². The molecule has 2 saturated heterocycles. The summed E-state index contributed by atoms with van der Waals surface area (Å²) < 4.78 is 34.5. The van der Waals surface area contributed by atoms with Gasteiger partial charge in [0.2, 0.25) is 5.67 Å². The van der Waals surface area contributed by atoms with E-state index in [4.69, 9.17) is 42.2 Å². The van der Waals surface area contributed by atoms with Crippen molar-refractivity contribution >= 4 is 60.8 Å². The number of rotatable bonds is 5. The number of halogens is 1. The first-order valence-electron chi connectivity index (χ1n) is 14.3. The first-order valence-corrected chi connectivity index (χ1v) is 14.3. The topological polar surface area (TPSA) is 112 Å². The van der Waals surface area contributed by atoms with Gasteiger partial charge in [0, 0.05) is 75.7 Å². The van der Waals surface area contributed by atoms with Gasteiger partial charge in [0.25, 0.3) is 0 Å². The van der Waals surface area contributed by atoms with Crippen LogP contribution in [-0.2, 0) is 28.5 Å². The molecule has 2 heterocycles. The molecule has 2 amide bonds. The summed E-state index contributed by atoms with van der Waals surface area (Å²) >= 11 is 0. The van der Waals surface area contributed by atoms with Crippen molar-refractivity contribution in [1.82, 2.24) is 9.80 Å². The van der Waals surface area contributed by atoms with Gasteiger partial charge in [-0.2, -0.15) is 0 Å². The molecular weight excluding hydrogens is 541 g/mol. The van der Waals surface area contributed by atoms with E-state index in [1.165, 1.54) is 12.0 Å². The molecule has 0 aromatic rings. The first kappa shape index (κ1) is 39.7. The minimum absolute atomic E-state index is 0.0505. The first-order chi connectivity index (χ1) is 19.3. The molecular formula is C26H45B5FN2O8. The lowest BCUT2D eigenvalue weighted by Gasteiger charge is -2.35. The predicted molar refractivity (Wildman–Crippen MR) is 163 cm³/mol. The van der Waals surface area contributed by atoms with Gasteiger partial charge in [0.1, 0.15) is 11.2 Å². The van der Waals surface area contributed by atoms with Gasteiger partial charge in [-0.1, -0.05) is 0 Å². The van der Waals surface area contributed by atoms with Gasteiger partial charge in [0.05, 0.1) is 19.1 Å². The minimum atomic E-state index is -1.98. The summed E-state index contributed by atoms with van der Waals surface area (Å²) in [4.78, 5) is 49.7. The number of likely N-dealkylation sites (tertiary alicyclic amines) is 2. The average Bonchev–Trinajstić information content (AvgIpc) is 2.88. The molecule has 0 aromatic carbocycles. The van der Waals surface area contributed by atoms with Crippen LogP contribution in [0, 0.1) is 5.92 Å². The van der Waals surface area contributed by atoms with E-state index in [1.807, 2.05) is 20.8 Å². The normalized spacial score (nSPS) is 16.8. The Morgan fingerprint density at radius 3 is 1.55 bits per heavy atom. The van der Waals surface area contributed by atoms with Crippen LogP contribution < -0.4 is 0 Å². The molecule has 42 heavy (non-hydrogen) atoms. The maximum Gasteiger partial charge on any atom is 0.410 e. The van der Waals surface area contributed by atoms with E-state index in [2.05, 4.69) is 0 Å². The standard InChI is InChI=1S/C13H22FNO4.C13H23NO4.B5/c1-5-18-10(16)13(14)6-8-15(9-7-13)11(17)19-12(2,3)4;1-5-17-11(15)10-6-8-14(9-7-10)12(16)18-13(2,3)4;1-4-5(2)3/h5-9H2,1-4H3;10H,5-9H2,1-4H3;. The fourth-order valence-corrected chi connectivity index (χ4v) is 3.72. The third kappa shape index (κ3) is 16.4. The van der Waals surface area contributed by atoms with E-state index in [0.29, 0.717) is 32.5 Å². The summed E-state index contributed by atoms with van der Waals surface area (Å²) in [5.74, 6) is -1.07. The Hall–Kier alpha value is -2.27. The molecule has 0 spiro atoms. The van der Waals surface area contributed by atoms with Crippen LogP contribution in [0.2, 0.25) is 0 Å². The second kappa shape index (κ2) is 18.4. The molecule has 0 atom stereocenters. The Kier molecular flexibility index (Phi) is 17.4. The van der Waals surface area contributed by atoms with E-state index in [-0.39, 0.29) is 50.5 Å². The maximum atomic E-state index is 14.3. The predicted octanol–water partition coefficient (Wildman–Crippen LogP) is 2.58. The Morgan fingerprint density at radius 1 is 0.833 bits per heavy atom. The van der Waals surface area contributed by atoms with Crippen LogP contribution in [0.5, 0.6) is 0 Å². The van der Waals surface area contributed by atoms with Gasteiger partial charge in [-0.25, -0.2) is 18.8 Å². The molecule has 2 rings (SSSR count).